The molecule has 1 atom stereocenters. The minimum absolute atomic E-state index is 0. The minimum atomic E-state index is -0.268. The Balaban J connectivity index is 0.00000261. The molecule has 148 valence electrons. The molecule has 3 heterocycles. The second-order valence-electron chi connectivity index (χ2n) is 6.10. The number of nitrogens with one attached hydrogen (secondary N) is 2. The van der Waals surface area contributed by atoms with Crippen molar-refractivity contribution in [2.24, 2.45) is 4.99 Å². The third-order valence-electron chi connectivity index (χ3n) is 4.17. The SMILES string of the molecule is CCNC(=NCCc1ccc(Br)s1)NC1CCN(c2ncccc2F)C1.I. The summed E-state index contributed by atoms with van der Waals surface area (Å²) in [6.45, 7) is 5.09. The number of rotatable bonds is 6. The third kappa shape index (κ3) is 6.56. The van der Waals surface area contributed by atoms with Crippen molar-refractivity contribution in [3.05, 3.63) is 44.9 Å². The van der Waals surface area contributed by atoms with Crippen LogP contribution in [0.4, 0.5) is 10.2 Å². The summed E-state index contributed by atoms with van der Waals surface area (Å²) in [7, 11) is 0. The van der Waals surface area contributed by atoms with Gasteiger partial charge in [0.2, 0.25) is 0 Å². The second-order valence-corrected chi connectivity index (χ2v) is 8.65. The van der Waals surface area contributed by atoms with Crippen molar-refractivity contribution in [3.63, 3.8) is 0 Å². The average Bonchev–Trinajstić information content (AvgIpc) is 3.25. The first-order valence-corrected chi connectivity index (χ1v) is 10.4. The van der Waals surface area contributed by atoms with Gasteiger partial charge in [-0.05, 0) is 53.5 Å². The maximum absolute atomic E-state index is 13.9. The summed E-state index contributed by atoms with van der Waals surface area (Å²) < 4.78 is 15.1. The van der Waals surface area contributed by atoms with Gasteiger partial charge in [0.15, 0.2) is 17.6 Å². The molecule has 27 heavy (non-hydrogen) atoms. The summed E-state index contributed by atoms with van der Waals surface area (Å²) in [6.07, 6.45) is 3.48. The minimum Gasteiger partial charge on any atom is -0.357 e. The van der Waals surface area contributed by atoms with Gasteiger partial charge in [0.1, 0.15) is 0 Å². The zero-order valence-electron chi connectivity index (χ0n) is 15.1. The maximum Gasteiger partial charge on any atom is 0.191 e. The molecule has 5 nitrogen and oxygen atoms in total. The van der Waals surface area contributed by atoms with E-state index in [9.17, 15) is 4.39 Å². The van der Waals surface area contributed by atoms with Crippen molar-refractivity contribution in [2.45, 2.75) is 25.8 Å². The summed E-state index contributed by atoms with van der Waals surface area (Å²) in [5.41, 5.74) is 0. The maximum atomic E-state index is 13.9. The number of thiophene rings is 1. The summed E-state index contributed by atoms with van der Waals surface area (Å²) in [5.74, 6) is 0.981. The van der Waals surface area contributed by atoms with Gasteiger partial charge in [-0.25, -0.2) is 9.37 Å². The highest BCUT2D eigenvalue weighted by molar-refractivity contribution is 14.0. The molecule has 0 saturated carbocycles. The molecular formula is C18H24BrFIN5S. The van der Waals surface area contributed by atoms with Crippen LogP contribution in [-0.4, -0.2) is 43.2 Å². The van der Waals surface area contributed by atoms with E-state index >= 15 is 0 Å². The van der Waals surface area contributed by atoms with Crippen LogP contribution in [0.2, 0.25) is 0 Å². The molecule has 1 fully saturated rings. The van der Waals surface area contributed by atoms with E-state index in [1.165, 1.54) is 10.9 Å². The van der Waals surface area contributed by atoms with Gasteiger partial charge in [0, 0.05) is 49.7 Å². The predicted molar refractivity (Wildman–Crippen MR) is 125 cm³/mol. The van der Waals surface area contributed by atoms with Crippen molar-refractivity contribution < 1.29 is 4.39 Å². The molecule has 0 aromatic carbocycles. The summed E-state index contributed by atoms with van der Waals surface area (Å²) in [5, 5.41) is 6.76. The second kappa shape index (κ2) is 11.2. The summed E-state index contributed by atoms with van der Waals surface area (Å²) >= 11 is 5.23. The van der Waals surface area contributed by atoms with Crippen molar-refractivity contribution in [1.82, 2.24) is 15.6 Å². The van der Waals surface area contributed by atoms with Crippen LogP contribution in [0.25, 0.3) is 0 Å². The Hall–Kier alpha value is -0.940. The van der Waals surface area contributed by atoms with Crippen LogP contribution in [0.15, 0.2) is 39.2 Å². The zero-order valence-corrected chi connectivity index (χ0v) is 19.9. The molecule has 2 N–H and O–H groups in total. The van der Waals surface area contributed by atoms with Crippen LogP contribution in [0.1, 0.15) is 18.2 Å². The first-order chi connectivity index (χ1) is 12.7. The molecule has 3 rings (SSSR count). The van der Waals surface area contributed by atoms with Crippen molar-refractivity contribution in [1.29, 1.82) is 0 Å². The number of hydrogen-bond donors (Lipinski definition) is 2. The monoisotopic (exact) mass is 567 g/mol. The fraction of sp³-hybridized carbons (Fsp3) is 0.444. The van der Waals surface area contributed by atoms with E-state index in [4.69, 9.17) is 0 Å². The largest absolute Gasteiger partial charge is 0.357 e. The number of hydrogen-bond acceptors (Lipinski definition) is 4. The number of nitrogens with zero attached hydrogens (tertiary/aromatic N) is 3. The van der Waals surface area contributed by atoms with E-state index in [2.05, 4.69) is 55.6 Å². The fourth-order valence-electron chi connectivity index (χ4n) is 2.96. The third-order valence-corrected chi connectivity index (χ3v) is 5.85. The molecular weight excluding hydrogens is 544 g/mol. The lowest BCUT2D eigenvalue weighted by molar-refractivity contribution is 0.612. The summed E-state index contributed by atoms with van der Waals surface area (Å²) in [4.78, 5) is 12.1. The first-order valence-electron chi connectivity index (χ1n) is 8.80. The molecule has 9 heteroatoms. The van der Waals surface area contributed by atoms with Gasteiger partial charge >= 0.3 is 0 Å². The van der Waals surface area contributed by atoms with Crippen molar-refractivity contribution in [2.75, 3.05) is 31.1 Å². The molecule has 1 aliphatic heterocycles. The molecule has 0 aliphatic carbocycles. The van der Waals surface area contributed by atoms with Crippen LogP contribution < -0.4 is 15.5 Å². The Labute approximate surface area is 189 Å². The van der Waals surface area contributed by atoms with Crippen LogP contribution in [0, 0.1) is 5.82 Å². The Morgan fingerprint density at radius 3 is 3.00 bits per heavy atom. The quantitative estimate of drug-likeness (QED) is 0.314. The Bertz CT molecular complexity index is 757. The van der Waals surface area contributed by atoms with Gasteiger partial charge < -0.3 is 15.5 Å². The molecule has 2 aromatic rings. The van der Waals surface area contributed by atoms with E-state index < -0.39 is 0 Å². The predicted octanol–water partition coefficient (Wildman–Crippen LogP) is 4.04. The molecule has 1 aliphatic rings. The number of aromatic nitrogens is 1. The van der Waals surface area contributed by atoms with Crippen LogP contribution >= 0.6 is 51.2 Å². The smallest absolute Gasteiger partial charge is 0.191 e. The van der Waals surface area contributed by atoms with Crippen LogP contribution in [0.5, 0.6) is 0 Å². The highest BCUT2D eigenvalue weighted by atomic mass is 127. The number of pyridine rings is 1. The summed E-state index contributed by atoms with van der Waals surface area (Å²) in [6, 6.07) is 7.49. The van der Waals surface area contributed by atoms with Gasteiger partial charge in [-0.1, -0.05) is 0 Å². The van der Waals surface area contributed by atoms with Crippen LogP contribution in [-0.2, 0) is 6.42 Å². The molecule has 2 aromatic heterocycles. The van der Waals surface area contributed by atoms with E-state index in [1.807, 2.05) is 4.90 Å². The fourth-order valence-corrected chi connectivity index (χ4v) is 4.43. The van der Waals surface area contributed by atoms with E-state index in [0.717, 1.165) is 48.8 Å². The Kier molecular flexibility index (Phi) is 9.24. The van der Waals surface area contributed by atoms with Gasteiger partial charge in [-0.15, -0.1) is 35.3 Å². The molecule has 0 bridgehead atoms. The van der Waals surface area contributed by atoms with Gasteiger partial charge in [0.25, 0.3) is 0 Å². The highest BCUT2D eigenvalue weighted by Gasteiger charge is 2.25. The lowest BCUT2D eigenvalue weighted by atomic mass is 10.3. The number of aliphatic imine (C=N–C) groups is 1. The number of guanidine groups is 1. The average molecular weight is 568 g/mol. The zero-order chi connectivity index (χ0) is 18.4. The van der Waals surface area contributed by atoms with Gasteiger partial charge in [0.05, 0.1) is 3.79 Å². The van der Waals surface area contributed by atoms with Crippen LogP contribution in [0.3, 0.4) is 0 Å². The highest BCUT2D eigenvalue weighted by Crippen LogP contribution is 2.22. The van der Waals surface area contributed by atoms with E-state index in [1.54, 1.807) is 23.6 Å². The molecule has 0 amide bonds. The Morgan fingerprint density at radius 2 is 2.30 bits per heavy atom. The molecule has 1 unspecified atom stereocenters. The molecule has 0 spiro atoms. The standard InChI is InChI=1S/C18H23BrFN5S.HI/c1-2-21-18(23-10-7-14-5-6-16(19)26-14)24-13-8-11-25(12-13)17-15(20)4-3-9-22-17;/h3-6,9,13H,2,7-8,10-12H2,1H3,(H2,21,23,24);1H. The lowest BCUT2D eigenvalue weighted by Crippen LogP contribution is -2.44. The lowest BCUT2D eigenvalue weighted by Gasteiger charge is -2.19. The molecule has 0 radical (unpaired) electrons. The number of anilines is 1. The van der Waals surface area contributed by atoms with E-state index in [-0.39, 0.29) is 35.8 Å². The van der Waals surface area contributed by atoms with Crippen molar-refractivity contribution >= 4 is 63.0 Å². The topological polar surface area (TPSA) is 52.6 Å². The van der Waals surface area contributed by atoms with E-state index in [0.29, 0.717) is 5.82 Å². The molecule has 1 saturated heterocycles. The number of halogens is 3. The Morgan fingerprint density at radius 1 is 1.44 bits per heavy atom. The van der Waals surface area contributed by atoms with Gasteiger partial charge in [-0.3, -0.25) is 4.99 Å². The normalized spacial score (nSPS) is 16.9. The van der Waals surface area contributed by atoms with Gasteiger partial charge in [-0.2, -0.15) is 0 Å². The first kappa shape index (κ1) is 22.4. The van der Waals surface area contributed by atoms with Crippen molar-refractivity contribution in [3.8, 4) is 0 Å².